The topological polar surface area (TPSA) is 96.0 Å². The minimum Gasteiger partial charge on any atom is -0.353 e. The van der Waals surface area contributed by atoms with Crippen molar-refractivity contribution in [2.45, 2.75) is 0 Å². The monoisotopic (exact) mass is 407 g/mol. The fraction of sp³-hybridized carbons (Fsp3) is 0. The second kappa shape index (κ2) is 6.81. The first-order valence-electron chi connectivity index (χ1n) is 9.61. The van der Waals surface area contributed by atoms with Gasteiger partial charge in [-0.25, -0.2) is 4.39 Å². The molecule has 0 aliphatic heterocycles. The van der Waals surface area contributed by atoms with E-state index < -0.39 is 0 Å². The van der Waals surface area contributed by atoms with Crippen LogP contribution in [0.4, 0.5) is 4.39 Å². The maximum absolute atomic E-state index is 14.4. The SMILES string of the molecule is Fc1ccccc1-c1nccc2[nH]c(-c3n[nH]c4cnc(-c5cnccn5)cc34)cc12. The van der Waals surface area contributed by atoms with E-state index in [4.69, 9.17) is 0 Å². The fourth-order valence-corrected chi connectivity index (χ4v) is 3.74. The van der Waals surface area contributed by atoms with E-state index in [1.54, 1.807) is 49.2 Å². The largest absolute Gasteiger partial charge is 0.353 e. The number of H-pyrrole nitrogens is 2. The lowest BCUT2D eigenvalue weighted by molar-refractivity contribution is 0.631. The number of nitrogens with zero attached hydrogens (tertiary/aromatic N) is 5. The highest BCUT2D eigenvalue weighted by Gasteiger charge is 2.16. The van der Waals surface area contributed by atoms with Crippen LogP contribution in [0.5, 0.6) is 0 Å². The van der Waals surface area contributed by atoms with Crippen molar-refractivity contribution in [3.05, 3.63) is 79.3 Å². The van der Waals surface area contributed by atoms with Crippen LogP contribution in [0, 0.1) is 5.82 Å². The zero-order valence-corrected chi connectivity index (χ0v) is 16.0. The van der Waals surface area contributed by atoms with Crippen molar-refractivity contribution in [2.24, 2.45) is 0 Å². The summed E-state index contributed by atoms with van der Waals surface area (Å²) in [6.45, 7) is 0. The molecule has 5 aromatic heterocycles. The molecule has 0 bridgehead atoms. The number of pyridine rings is 2. The Balaban J connectivity index is 1.53. The van der Waals surface area contributed by atoms with Crippen LogP contribution in [-0.2, 0) is 0 Å². The normalized spacial score (nSPS) is 11.4. The van der Waals surface area contributed by atoms with Gasteiger partial charge in [-0.05, 0) is 30.3 Å². The van der Waals surface area contributed by atoms with Crippen LogP contribution in [0.2, 0.25) is 0 Å². The van der Waals surface area contributed by atoms with Gasteiger partial charge in [0.2, 0.25) is 0 Å². The molecule has 148 valence electrons. The summed E-state index contributed by atoms with van der Waals surface area (Å²) in [5.74, 6) is -0.310. The molecule has 1 aromatic carbocycles. The van der Waals surface area contributed by atoms with Gasteiger partial charge in [-0.2, -0.15) is 5.10 Å². The molecular formula is C23H14FN7. The minimum absolute atomic E-state index is 0.310. The van der Waals surface area contributed by atoms with Crippen LogP contribution < -0.4 is 0 Å². The number of rotatable bonds is 3. The predicted octanol–water partition coefficient (Wildman–Crippen LogP) is 4.76. The van der Waals surface area contributed by atoms with Crippen molar-refractivity contribution >= 4 is 21.8 Å². The number of fused-ring (bicyclic) bond motifs is 2. The quantitative estimate of drug-likeness (QED) is 0.441. The van der Waals surface area contributed by atoms with Crippen LogP contribution in [-0.4, -0.2) is 35.1 Å². The molecule has 6 aromatic rings. The smallest absolute Gasteiger partial charge is 0.132 e. The lowest BCUT2D eigenvalue weighted by atomic mass is 10.1. The highest BCUT2D eigenvalue weighted by Crippen LogP contribution is 2.34. The molecule has 0 amide bonds. The van der Waals surface area contributed by atoms with Crippen LogP contribution in [0.25, 0.3) is 55.8 Å². The summed E-state index contributed by atoms with van der Waals surface area (Å²) < 4.78 is 14.4. The van der Waals surface area contributed by atoms with Gasteiger partial charge in [0.05, 0.1) is 35.0 Å². The number of aromatic amines is 2. The maximum atomic E-state index is 14.4. The third kappa shape index (κ3) is 2.84. The maximum Gasteiger partial charge on any atom is 0.132 e. The third-order valence-corrected chi connectivity index (χ3v) is 5.21. The molecule has 2 N–H and O–H groups in total. The summed E-state index contributed by atoms with van der Waals surface area (Å²) >= 11 is 0. The Hall–Kier alpha value is -4.46. The molecule has 0 spiro atoms. The summed E-state index contributed by atoms with van der Waals surface area (Å²) in [5, 5.41) is 9.22. The third-order valence-electron chi connectivity index (χ3n) is 5.21. The number of aromatic nitrogens is 7. The van der Waals surface area contributed by atoms with Crippen molar-refractivity contribution in [3.63, 3.8) is 0 Å². The molecule has 0 atom stereocenters. The molecule has 5 heterocycles. The molecule has 0 fully saturated rings. The zero-order valence-electron chi connectivity index (χ0n) is 16.0. The Morgan fingerprint density at radius 3 is 2.52 bits per heavy atom. The molecule has 0 saturated carbocycles. The van der Waals surface area contributed by atoms with E-state index in [1.807, 2.05) is 18.2 Å². The van der Waals surface area contributed by atoms with Crippen molar-refractivity contribution < 1.29 is 4.39 Å². The molecule has 0 unspecified atom stereocenters. The standard InChI is InChI=1S/C23H14FN7/c24-16-4-2-1-3-13(16)22-14-10-19(29-17(14)5-6-27-22)23-15-9-18(21-11-25-7-8-26-21)28-12-20(15)30-31-23/h1-12,29H,(H,30,31). The van der Waals surface area contributed by atoms with Crippen molar-refractivity contribution in [3.8, 4) is 34.0 Å². The summed E-state index contributed by atoms with van der Waals surface area (Å²) in [5.41, 5.74) is 5.60. The second-order valence-corrected chi connectivity index (χ2v) is 7.06. The molecular weight excluding hydrogens is 393 g/mol. The first kappa shape index (κ1) is 17.4. The van der Waals surface area contributed by atoms with Gasteiger partial charge in [-0.1, -0.05) is 12.1 Å². The van der Waals surface area contributed by atoms with Crippen LogP contribution in [0.1, 0.15) is 0 Å². The fourth-order valence-electron chi connectivity index (χ4n) is 3.74. The van der Waals surface area contributed by atoms with E-state index in [0.717, 1.165) is 33.2 Å². The van der Waals surface area contributed by atoms with Crippen LogP contribution >= 0.6 is 0 Å². The van der Waals surface area contributed by atoms with E-state index in [1.165, 1.54) is 6.07 Å². The Morgan fingerprint density at radius 2 is 1.65 bits per heavy atom. The van der Waals surface area contributed by atoms with Crippen molar-refractivity contribution in [1.29, 1.82) is 0 Å². The Bertz CT molecular complexity index is 1550. The van der Waals surface area contributed by atoms with Gasteiger partial charge in [0.15, 0.2) is 0 Å². The van der Waals surface area contributed by atoms with E-state index in [-0.39, 0.29) is 5.82 Å². The molecule has 0 saturated heterocycles. The molecule has 8 heteroatoms. The Kier molecular flexibility index (Phi) is 3.82. The average molecular weight is 407 g/mol. The number of nitrogens with one attached hydrogen (secondary N) is 2. The lowest BCUT2D eigenvalue weighted by Crippen LogP contribution is -1.88. The Morgan fingerprint density at radius 1 is 0.742 bits per heavy atom. The summed E-state index contributed by atoms with van der Waals surface area (Å²) in [7, 11) is 0. The van der Waals surface area contributed by atoms with Gasteiger partial charge < -0.3 is 4.98 Å². The first-order chi connectivity index (χ1) is 15.3. The van der Waals surface area contributed by atoms with Gasteiger partial charge in [0, 0.05) is 40.4 Å². The summed E-state index contributed by atoms with van der Waals surface area (Å²) in [6.07, 6.45) is 8.32. The molecule has 7 nitrogen and oxygen atoms in total. The van der Waals surface area contributed by atoms with Gasteiger partial charge in [-0.15, -0.1) is 0 Å². The van der Waals surface area contributed by atoms with E-state index in [9.17, 15) is 4.39 Å². The lowest BCUT2D eigenvalue weighted by Gasteiger charge is -2.03. The van der Waals surface area contributed by atoms with Gasteiger partial charge >= 0.3 is 0 Å². The minimum atomic E-state index is -0.310. The number of benzene rings is 1. The molecule has 0 aliphatic carbocycles. The average Bonchev–Trinajstić information content (AvgIpc) is 3.43. The van der Waals surface area contributed by atoms with Gasteiger partial charge in [-0.3, -0.25) is 25.0 Å². The van der Waals surface area contributed by atoms with Crippen molar-refractivity contribution in [1.82, 2.24) is 35.1 Å². The highest BCUT2D eigenvalue weighted by molar-refractivity contribution is 6.00. The first-order valence-corrected chi connectivity index (χ1v) is 9.61. The van der Waals surface area contributed by atoms with Crippen LogP contribution in [0.3, 0.4) is 0 Å². The Labute approximate surface area is 175 Å². The van der Waals surface area contributed by atoms with E-state index >= 15 is 0 Å². The van der Waals surface area contributed by atoms with Crippen LogP contribution in [0.15, 0.2) is 73.4 Å². The molecule has 0 radical (unpaired) electrons. The summed E-state index contributed by atoms with van der Waals surface area (Å²) in [4.78, 5) is 20.7. The molecule has 0 aliphatic rings. The van der Waals surface area contributed by atoms with E-state index in [0.29, 0.717) is 22.6 Å². The summed E-state index contributed by atoms with van der Waals surface area (Å²) in [6, 6.07) is 12.4. The zero-order chi connectivity index (χ0) is 20.8. The van der Waals surface area contributed by atoms with E-state index in [2.05, 4.69) is 35.1 Å². The van der Waals surface area contributed by atoms with Gasteiger partial charge in [0.25, 0.3) is 0 Å². The van der Waals surface area contributed by atoms with Gasteiger partial charge in [0.1, 0.15) is 17.2 Å². The van der Waals surface area contributed by atoms with Crippen molar-refractivity contribution in [2.75, 3.05) is 0 Å². The molecule has 6 rings (SSSR count). The number of hydrogen-bond acceptors (Lipinski definition) is 5. The second-order valence-electron chi connectivity index (χ2n) is 7.06. The highest BCUT2D eigenvalue weighted by atomic mass is 19.1. The number of hydrogen-bond donors (Lipinski definition) is 2. The molecule has 31 heavy (non-hydrogen) atoms. The number of halogens is 1. The predicted molar refractivity (Wildman–Crippen MR) is 115 cm³/mol.